The van der Waals surface area contributed by atoms with Crippen molar-refractivity contribution in [1.29, 1.82) is 0 Å². The predicted molar refractivity (Wildman–Crippen MR) is 109 cm³/mol. The Bertz CT molecular complexity index is 1060. The van der Waals surface area contributed by atoms with Crippen LogP contribution in [0.4, 0.5) is 10.7 Å². The summed E-state index contributed by atoms with van der Waals surface area (Å²) in [6, 6.07) is 11.7. The lowest BCUT2D eigenvalue weighted by atomic mass is 9.84. The highest BCUT2D eigenvalue weighted by Gasteiger charge is 2.32. The molecule has 4 nitrogen and oxygen atoms in total. The minimum Gasteiger partial charge on any atom is -0.506 e. The molecule has 4 rings (SSSR count). The third kappa shape index (κ3) is 2.79. The van der Waals surface area contributed by atoms with Crippen LogP contribution in [0.25, 0.3) is 11.1 Å². The van der Waals surface area contributed by atoms with E-state index in [1.807, 2.05) is 25.1 Å². The van der Waals surface area contributed by atoms with Gasteiger partial charge in [-0.2, -0.15) is 0 Å². The molecule has 0 saturated carbocycles. The van der Waals surface area contributed by atoms with Crippen LogP contribution < -0.4 is 14.7 Å². The summed E-state index contributed by atoms with van der Waals surface area (Å²) in [6.45, 7) is 6.35. The zero-order chi connectivity index (χ0) is 18.5. The number of hydrogen-bond donors (Lipinski definition) is 2. The molecule has 0 aliphatic carbocycles. The molecular formula is C20H20N2O2S2. The first-order chi connectivity index (χ1) is 12.4. The number of hydrogen-bond acceptors (Lipinski definition) is 6. The van der Waals surface area contributed by atoms with E-state index in [2.05, 4.69) is 31.3 Å². The molecule has 1 aliphatic rings. The van der Waals surface area contributed by atoms with Crippen molar-refractivity contribution in [2.24, 2.45) is 4.99 Å². The molecule has 26 heavy (non-hydrogen) atoms. The first kappa shape index (κ1) is 17.1. The van der Waals surface area contributed by atoms with Gasteiger partial charge in [-0.3, -0.25) is 0 Å². The van der Waals surface area contributed by atoms with Gasteiger partial charge in [0.1, 0.15) is 26.9 Å². The summed E-state index contributed by atoms with van der Waals surface area (Å²) in [5, 5.41) is 14.9. The summed E-state index contributed by atoms with van der Waals surface area (Å²) in [4.78, 5) is 4.78. The lowest BCUT2D eigenvalue weighted by molar-refractivity contribution is 0.414. The average molecular weight is 385 g/mol. The summed E-state index contributed by atoms with van der Waals surface area (Å²) in [6.07, 6.45) is 0. The Kier molecular flexibility index (Phi) is 4.04. The molecule has 1 aromatic heterocycles. The van der Waals surface area contributed by atoms with Crippen LogP contribution in [0, 0.1) is 6.92 Å². The van der Waals surface area contributed by atoms with Crippen LogP contribution in [0.3, 0.4) is 0 Å². The van der Waals surface area contributed by atoms with Crippen molar-refractivity contribution in [3.63, 3.8) is 0 Å². The van der Waals surface area contributed by atoms with Gasteiger partial charge in [-0.15, -0.1) is 0 Å². The molecule has 0 amide bonds. The Morgan fingerprint density at radius 1 is 1.12 bits per heavy atom. The summed E-state index contributed by atoms with van der Waals surface area (Å²) < 4.78 is 6.34. The van der Waals surface area contributed by atoms with E-state index in [0.29, 0.717) is 5.69 Å². The van der Waals surface area contributed by atoms with Gasteiger partial charge in [0.2, 0.25) is 0 Å². The lowest BCUT2D eigenvalue weighted by Gasteiger charge is -2.34. The summed E-state index contributed by atoms with van der Waals surface area (Å²) in [5.74, 6) is 1.02. The average Bonchev–Trinajstić information content (AvgIpc) is 2.99. The van der Waals surface area contributed by atoms with Crippen molar-refractivity contribution in [1.82, 2.24) is 0 Å². The van der Waals surface area contributed by atoms with Crippen molar-refractivity contribution in [3.8, 4) is 22.6 Å². The number of rotatable bonds is 2. The monoisotopic (exact) mass is 384 g/mol. The zero-order valence-corrected chi connectivity index (χ0v) is 16.7. The normalized spacial score (nSPS) is 15.2. The molecule has 0 radical (unpaired) electrons. The summed E-state index contributed by atoms with van der Waals surface area (Å²) in [5.41, 5.74) is 4.91. The molecule has 0 unspecified atom stereocenters. The molecule has 0 saturated heterocycles. The molecule has 6 heteroatoms. The first-order valence-electron chi connectivity index (χ1n) is 8.33. The molecule has 2 N–H and O–H groups in total. The highest BCUT2D eigenvalue weighted by atomic mass is 32.9. The Labute approximate surface area is 159 Å². The summed E-state index contributed by atoms with van der Waals surface area (Å²) >= 11 is 0. The number of phenolic OH excluding ortho intramolecular Hbond substituents is 1. The molecule has 0 fully saturated rings. The van der Waals surface area contributed by atoms with E-state index in [1.165, 1.54) is 5.56 Å². The maximum atomic E-state index is 10.2. The zero-order valence-electron chi connectivity index (χ0n) is 15.1. The fourth-order valence-electron chi connectivity index (χ4n) is 3.24. The minimum absolute atomic E-state index is 0.172. The number of nitrogens with one attached hydrogen (secondary N) is 1. The van der Waals surface area contributed by atoms with Crippen molar-refractivity contribution < 1.29 is 9.84 Å². The maximum absolute atomic E-state index is 10.2. The number of anilines is 1. The first-order valence-corrected chi connectivity index (χ1v) is 10.5. The molecular weight excluding hydrogens is 364 g/mol. The van der Waals surface area contributed by atoms with Crippen molar-refractivity contribution in [2.45, 2.75) is 26.3 Å². The van der Waals surface area contributed by atoms with Crippen LogP contribution in [0.15, 0.2) is 41.4 Å². The molecule has 2 aromatic carbocycles. The van der Waals surface area contributed by atoms with Gasteiger partial charge in [-0.25, -0.2) is 4.99 Å². The Morgan fingerprint density at radius 3 is 2.69 bits per heavy atom. The Morgan fingerprint density at radius 2 is 1.92 bits per heavy atom. The number of phenols is 1. The molecule has 3 aromatic rings. The predicted octanol–water partition coefficient (Wildman–Crippen LogP) is 5.39. The van der Waals surface area contributed by atoms with E-state index in [9.17, 15) is 5.11 Å². The standard InChI is InChI=1S/C20H20N2O2S2/c1-11-5-8-16(23)15(9-11)21-18-17-13-10-12(24-4)6-7-14(13)20(2,3)22-19(17)26-25-18/h5-10,22-23H,1-4H3. The number of ether oxygens (including phenoxy) is 1. The van der Waals surface area contributed by atoms with Crippen LogP contribution in [0.5, 0.6) is 11.5 Å². The van der Waals surface area contributed by atoms with Crippen LogP contribution >= 0.6 is 20.7 Å². The second kappa shape index (κ2) is 6.14. The van der Waals surface area contributed by atoms with Gasteiger partial charge >= 0.3 is 0 Å². The number of nitrogens with zero attached hydrogens (tertiary/aromatic N) is 1. The van der Waals surface area contributed by atoms with E-state index in [0.717, 1.165) is 32.1 Å². The fourth-order valence-corrected chi connectivity index (χ4v) is 5.71. The van der Waals surface area contributed by atoms with Gasteiger partial charge in [0.05, 0.1) is 18.2 Å². The third-order valence-electron chi connectivity index (χ3n) is 4.59. The minimum atomic E-state index is -0.172. The van der Waals surface area contributed by atoms with E-state index in [-0.39, 0.29) is 11.3 Å². The highest BCUT2D eigenvalue weighted by Crippen LogP contribution is 2.46. The second-order valence-corrected chi connectivity index (χ2v) is 9.07. The SMILES string of the molecule is COc1ccc2c(c1)-c1c(ssc1=Nc1cc(C)ccc1O)NC2(C)C. The quantitative estimate of drug-likeness (QED) is 0.582. The van der Waals surface area contributed by atoms with Gasteiger partial charge in [0.25, 0.3) is 0 Å². The van der Waals surface area contributed by atoms with Crippen molar-refractivity contribution in [3.05, 3.63) is 52.2 Å². The third-order valence-corrected chi connectivity index (χ3v) is 6.83. The van der Waals surface area contributed by atoms with Crippen LogP contribution in [-0.2, 0) is 5.54 Å². The van der Waals surface area contributed by atoms with Gasteiger partial charge in [0.15, 0.2) is 0 Å². The van der Waals surface area contributed by atoms with Crippen LogP contribution in [0.2, 0.25) is 0 Å². The highest BCUT2D eigenvalue weighted by molar-refractivity contribution is 7.70. The lowest BCUT2D eigenvalue weighted by Crippen LogP contribution is -2.32. The van der Waals surface area contributed by atoms with Crippen LogP contribution in [-0.4, -0.2) is 12.2 Å². The number of benzene rings is 2. The van der Waals surface area contributed by atoms with Gasteiger partial charge < -0.3 is 15.2 Å². The molecule has 0 bridgehead atoms. The molecule has 0 atom stereocenters. The number of aryl methyl sites for hydroxylation is 1. The van der Waals surface area contributed by atoms with Crippen molar-refractivity contribution >= 4 is 31.4 Å². The van der Waals surface area contributed by atoms with Crippen LogP contribution in [0.1, 0.15) is 25.0 Å². The summed E-state index contributed by atoms with van der Waals surface area (Å²) in [7, 11) is 4.97. The van der Waals surface area contributed by atoms with E-state index >= 15 is 0 Å². The molecule has 1 aliphatic heterocycles. The smallest absolute Gasteiger partial charge is 0.141 e. The Hall–Kier alpha value is -2.31. The maximum Gasteiger partial charge on any atom is 0.141 e. The Balaban J connectivity index is 1.98. The molecule has 2 heterocycles. The van der Waals surface area contributed by atoms with Gasteiger partial charge in [0, 0.05) is 0 Å². The number of fused-ring (bicyclic) bond motifs is 3. The largest absolute Gasteiger partial charge is 0.506 e. The topological polar surface area (TPSA) is 53.9 Å². The van der Waals surface area contributed by atoms with E-state index in [4.69, 9.17) is 9.73 Å². The van der Waals surface area contributed by atoms with Gasteiger partial charge in [-0.1, -0.05) is 32.8 Å². The van der Waals surface area contributed by atoms with E-state index in [1.54, 1.807) is 33.9 Å². The van der Waals surface area contributed by atoms with E-state index < -0.39 is 0 Å². The number of methoxy groups -OCH3 is 1. The fraction of sp³-hybridized carbons (Fsp3) is 0.250. The van der Waals surface area contributed by atoms with Crippen molar-refractivity contribution in [2.75, 3.05) is 12.4 Å². The number of aromatic hydroxyl groups is 1. The molecule has 0 spiro atoms. The molecule has 134 valence electrons. The van der Waals surface area contributed by atoms with Gasteiger partial charge in [-0.05, 0) is 61.7 Å². The second-order valence-electron chi connectivity index (χ2n) is 6.94.